The van der Waals surface area contributed by atoms with Crippen molar-refractivity contribution in [3.05, 3.63) is 65.0 Å². The minimum Gasteiger partial charge on any atom is -0.486 e. The number of thioether (sulfide) groups is 1. The van der Waals surface area contributed by atoms with Gasteiger partial charge in [0.25, 0.3) is 5.56 Å². The van der Waals surface area contributed by atoms with Crippen molar-refractivity contribution in [3.8, 4) is 22.8 Å². The maximum Gasteiger partial charge on any atom is 0.267 e. The van der Waals surface area contributed by atoms with Gasteiger partial charge in [-0.05, 0) is 18.4 Å². The Kier molecular flexibility index (Phi) is 5.53. The molecular formula is C21H19N3O4S. The second-order valence-corrected chi connectivity index (χ2v) is 7.17. The molecule has 4 rings (SSSR count). The molecule has 2 heterocycles. The maximum absolute atomic E-state index is 12.6. The summed E-state index contributed by atoms with van der Waals surface area (Å²) < 4.78 is 12.3. The molecule has 0 atom stereocenters. The van der Waals surface area contributed by atoms with Crippen molar-refractivity contribution >= 4 is 23.4 Å². The molecule has 3 aromatic rings. The minimum absolute atomic E-state index is 0.193. The molecule has 0 bridgehead atoms. The number of carbonyl (C=O) groups excluding carboxylic acids is 1. The lowest BCUT2D eigenvalue weighted by molar-refractivity contribution is -0.117. The van der Waals surface area contributed by atoms with Gasteiger partial charge in [-0.25, -0.2) is 4.68 Å². The van der Waals surface area contributed by atoms with Crippen LogP contribution < -0.4 is 20.3 Å². The molecule has 0 radical (unpaired) electrons. The van der Waals surface area contributed by atoms with Crippen LogP contribution in [0.15, 0.2) is 64.3 Å². The number of ether oxygens (including phenoxy) is 2. The maximum atomic E-state index is 12.6. The fraction of sp³-hybridized carbons (Fsp3) is 0.190. The molecule has 2 aromatic carbocycles. The van der Waals surface area contributed by atoms with E-state index in [1.165, 1.54) is 17.8 Å². The predicted octanol–water partition coefficient (Wildman–Crippen LogP) is 3.04. The lowest BCUT2D eigenvalue weighted by Gasteiger charge is -2.21. The van der Waals surface area contributed by atoms with E-state index in [1.54, 1.807) is 12.1 Å². The summed E-state index contributed by atoms with van der Waals surface area (Å²) in [7, 11) is 0. The van der Waals surface area contributed by atoms with Crippen molar-refractivity contribution < 1.29 is 14.3 Å². The molecule has 1 aliphatic heterocycles. The van der Waals surface area contributed by atoms with Crippen LogP contribution in [0.1, 0.15) is 0 Å². The van der Waals surface area contributed by atoms with E-state index in [2.05, 4.69) is 10.4 Å². The Hall–Kier alpha value is -3.26. The zero-order valence-electron chi connectivity index (χ0n) is 15.8. The van der Waals surface area contributed by atoms with Gasteiger partial charge in [0.1, 0.15) is 19.8 Å². The highest BCUT2D eigenvalue weighted by atomic mass is 32.2. The molecule has 1 aliphatic rings. The molecule has 1 aromatic heterocycles. The number of fused-ring (bicyclic) bond motifs is 1. The van der Waals surface area contributed by atoms with Gasteiger partial charge in [0.05, 0.1) is 11.4 Å². The monoisotopic (exact) mass is 409 g/mol. The lowest BCUT2D eigenvalue weighted by atomic mass is 10.1. The van der Waals surface area contributed by atoms with Gasteiger partial charge in [-0.2, -0.15) is 5.10 Å². The summed E-state index contributed by atoms with van der Waals surface area (Å²) in [4.78, 5) is 25.7. The van der Waals surface area contributed by atoms with E-state index in [-0.39, 0.29) is 18.0 Å². The standard InChI is InChI=1S/C21H19N3O4S/c1-29-19-12-18-17(27-9-10-28-18)11-16(19)22-20(25)13-24-21(26)8-7-15(23-24)14-5-3-2-4-6-14/h2-8,11-12H,9-10,13H2,1H3,(H,22,25). The van der Waals surface area contributed by atoms with Gasteiger partial charge in [-0.15, -0.1) is 11.8 Å². The van der Waals surface area contributed by atoms with Gasteiger partial charge < -0.3 is 14.8 Å². The molecule has 7 nitrogen and oxygen atoms in total. The van der Waals surface area contributed by atoms with Gasteiger partial charge in [0, 0.05) is 22.6 Å². The van der Waals surface area contributed by atoms with Crippen molar-refractivity contribution in [1.82, 2.24) is 9.78 Å². The Bertz CT molecular complexity index is 1100. The molecule has 0 saturated heterocycles. The zero-order valence-corrected chi connectivity index (χ0v) is 16.6. The number of hydrogen-bond donors (Lipinski definition) is 1. The van der Waals surface area contributed by atoms with E-state index >= 15 is 0 Å². The van der Waals surface area contributed by atoms with Gasteiger partial charge in [-0.1, -0.05) is 30.3 Å². The number of amides is 1. The Labute approximate surface area is 171 Å². The highest BCUT2D eigenvalue weighted by molar-refractivity contribution is 7.98. The fourth-order valence-electron chi connectivity index (χ4n) is 2.99. The van der Waals surface area contributed by atoms with Crippen LogP contribution in [0.4, 0.5) is 5.69 Å². The van der Waals surface area contributed by atoms with E-state index in [4.69, 9.17) is 9.47 Å². The minimum atomic E-state index is -0.350. The zero-order chi connectivity index (χ0) is 20.2. The number of anilines is 1. The van der Waals surface area contributed by atoms with E-state index < -0.39 is 0 Å². The first-order valence-electron chi connectivity index (χ1n) is 9.05. The first-order valence-corrected chi connectivity index (χ1v) is 10.3. The lowest BCUT2D eigenvalue weighted by Crippen LogP contribution is -2.29. The number of nitrogens with one attached hydrogen (secondary N) is 1. The fourth-order valence-corrected chi connectivity index (χ4v) is 3.54. The van der Waals surface area contributed by atoms with Crippen LogP contribution in [-0.4, -0.2) is 35.2 Å². The molecule has 0 fully saturated rings. The topological polar surface area (TPSA) is 82.5 Å². The molecule has 0 unspecified atom stereocenters. The third-order valence-corrected chi connectivity index (χ3v) is 5.15. The van der Waals surface area contributed by atoms with Gasteiger partial charge in [-0.3, -0.25) is 9.59 Å². The van der Waals surface area contributed by atoms with Crippen LogP contribution in [0.2, 0.25) is 0 Å². The second-order valence-electron chi connectivity index (χ2n) is 6.32. The SMILES string of the molecule is CSc1cc2c(cc1NC(=O)Cn1nc(-c3ccccc3)ccc1=O)OCCO2. The molecule has 1 amide bonds. The molecule has 0 saturated carbocycles. The van der Waals surface area contributed by atoms with Gasteiger partial charge in [0.2, 0.25) is 5.91 Å². The quantitative estimate of drug-likeness (QED) is 0.653. The average molecular weight is 409 g/mol. The summed E-state index contributed by atoms with van der Waals surface area (Å²) >= 11 is 1.48. The summed E-state index contributed by atoms with van der Waals surface area (Å²) in [5.41, 5.74) is 1.77. The smallest absolute Gasteiger partial charge is 0.267 e. The van der Waals surface area contributed by atoms with Crippen molar-refractivity contribution in [2.75, 3.05) is 24.8 Å². The number of hydrogen-bond acceptors (Lipinski definition) is 6. The van der Waals surface area contributed by atoms with Crippen molar-refractivity contribution in [2.45, 2.75) is 11.4 Å². The van der Waals surface area contributed by atoms with Crippen LogP contribution in [0, 0.1) is 0 Å². The first kappa shape index (κ1) is 19.1. The highest BCUT2D eigenvalue weighted by Crippen LogP contribution is 2.39. The number of nitrogens with zero attached hydrogens (tertiary/aromatic N) is 2. The Morgan fingerprint density at radius 3 is 2.55 bits per heavy atom. The third kappa shape index (κ3) is 4.27. The largest absolute Gasteiger partial charge is 0.486 e. The summed E-state index contributed by atoms with van der Waals surface area (Å²) in [5.74, 6) is 0.898. The van der Waals surface area contributed by atoms with Crippen LogP contribution in [-0.2, 0) is 11.3 Å². The summed E-state index contributed by atoms with van der Waals surface area (Å²) in [6, 6.07) is 16.1. The van der Waals surface area contributed by atoms with Crippen molar-refractivity contribution in [3.63, 3.8) is 0 Å². The molecule has 148 valence electrons. The second kappa shape index (κ2) is 8.40. The first-order chi connectivity index (χ1) is 14.1. The third-order valence-electron chi connectivity index (χ3n) is 4.37. The molecule has 29 heavy (non-hydrogen) atoms. The molecule has 1 N–H and O–H groups in total. The van der Waals surface area contributed by atoms with Gasteiger partial charge in [0.15, 0.2) is 11.5 Å². The average Bonchev–Trinajstić information content (AvgIpc) is 2.75. The van der Waals surface area contributed by atoms with Crippen molar-refractivity contribution in [1.29, 1.82) is 0 Å². The number of carbonyl (C=O) groups is 1. The Morgan fingerprint density at radius 2 is 1.83 bits per heavy atom. The number of benzene rings is 2. The van der Waals surface area contributed by atoms with Crippen LogP contribution >= 0.6 is 11.8 Å². The van der Waals surface area contributed by atoms with E-state index in [9.17, 15) is 9.59 Å². The summed E-state index contributed by atoms with van der Waals surface area (Å²) in [6.45, 7) is 0.769. The normalized spacial score (nSPS) is 12.4. The van der Waals surface area contributed by atoms with Crippen LogP contribution in [0.25, 0.3) is 11.3 Å². The summed E-state index contributed by atoms with van der Waals surface area (Å²) in [5, 5.41) is 7.18. The summed E-state index contributed by atoms with van der Waals surface area (Å²) in [6.07, 6.45) is 1.91. The van der Waals surface area contributed by atoms with E-state index in [1.807, 2.05) is 42.7 Å². The molecule has 0 aliphatic carbocycles. The molecule has 8 heteroatoms. The van der Waals surface area contributed by atoms with Crippen LogP contribution in [0.3, 0.4) is 0 Å². The van der Waals surface area contributed by atoms with Gasteiger partial charge >= 0.3 is 0 Å². The van der Waals surface area contributed by atoms with Crippen LogP contribution in [0.5, 0.6) is 11.5 Å². The Balaban J connectivity index is 1.55. The van der Waals surface area contributed by atoms with E-state index in [0.29, 0.717) is 36.1 Å². The molecule has 0 spiro atoms. The van der Waals surface area contributed by atoms with E-state index in [0.717, 1.165) is 15.1 Å². The van der Waals surface area contributed by atoms with Crippen molar-refractivity contribution in [2.24, 2.45) is 0 Å². The Morgan fingerprint density at radius 1 is 1.10 bits per heavy atom. The predicted molar refractivity (Wildman–Crippen MR) is 112 cm³/mol. The molecular weight excluding hydrogens is 390 g/mol. The number of aromatic nitrogens is 2. The number of rotatable bonds is 5. The highest BCUT2D eigenvalue weighted by Gasteiger charge is 2.17.